The summed E-state index contributed by atoms with van der Waals surface area (Å²) in [7, 11) is 4.68. The summed E-state index contributed by atoms with van der Waals surface area (Å²) in [6, 6.07) is 9.47. The van der Waals surface area contributed by atoms with Crippen molar-refractivity contribution in [2.45, 2.75) is 18.8 Å². The van der Waals surface area contributed by atoms with Gasteiger partial charge < -0.3 is 24.0 Å². The lowest BCUT2D eigenvalue weighted by Gasteiger charge is -2.34. The van der Waals surface area contributed by atoms with Crippen LogP contribution < -0.4 is 19.1 Å². The molecule has 1 aliphatic heterocycles. The van der Waals surface area contributed by atoms with Crippen LogP contribution in [0.5, 0.6) is 17.2 Å². The van der Waals surface area contributed by atoms with Crippen LogP contribution in [0.4, 0.5) is 5.82 Å². The van der Waals surface area contributed by atoms with E-state index in [4.69, 9.17) is 14.2 Å². The fraction of sp³-hybridized carbons (Fsp3) is 0.417. The first-order valence-corrected chi connectivity index (χ1v) is 11.3. The molecule has 0 atom stereocenters. The fourth-order valence-corrected chi connectivity index (χ4v) is 4.22. The molecule has 2 fully saturated rings. The van der Waals surface area contributed by atoms with Gasteiger partial charge in [-0.2, -0.15) is 10.2 Å². The molecule has 0 radical (unpaired) electrons. The van der Waals surface area contributed by atoms with Crippen molar-refractivity contribution in [3.05, 3.63) is 41.7 Å². The summed E-state index contributed by atoms with van der Waals surface area (Å²) in [5.74, 6) is 2.93. The summed E-state index contributed by atoms with van der Waals surface area (Å²) in [4.78, 5) is 17.1. The zero-order chi connectivity index (χ0) is 23.7. The molecule has 3 heterocycles. The Kier molecular flexibility index (Phi) is 5.95. The zero-order valence-corrected chi connectivity index (χ0v) is 19.6. The molecule has 0 bridgehead atoms. The largest absolute Gasteiger partial charge is 0.493 e. The smallest absolute Gasteiger partial charge is 0.272 e. The highest BCUT2D eigenvalue weighted by Gasteiger charge is 2.27. The summed E-state index contributed by atoms with van der Waals surface area (Å²) in [5.41, 5.74) is 2.89. The van der Waals surface area contributed by atoms with Gasteiger partial charge in [0.25, 0.3) is 5.91 Å². The maximum Gasteiger partial charge on any atom is 0.272 e. The highest BCUT2D eigenvalue weighted by atomic mass is 16.5. The number of aromatic nitrogens is 4. The third kappa shape index (κ3) is 4.23. The Morgan fingerprint density at radius 2 is 1.65 bits per heavy atom. The number of benzene rings is 1. The monoisotopic (exact) mass is 464 g/mol. The van der Waals surface area contributed by atoms with Crippen LogP contribution in [0.3, 0.4) is 0 Å². The second-order valence-electron chi connectivity index (χ2n) is 8.45. The number of nitrogens with one attached hydrogen (secondary N) is 1. The molecular formula is C24H28N6O4. The average molecular weight is 465 g/mol. The molecule has 0 unspecified atom stereocenters. The minimum Gasteiger partial charge on any atom is -0.493 e. The lowest BCUT2D eigenvalue weighted by atomic mass is 10.1. The number of nitrogens with zero attached hydrogens (tertiary/aromatic N) is 5. The first-order valence-electron chi connectivity index (χ1n) is 11.3. The predicted molar refractivity (Wildman–Crippen MR) is 126 cm³/mol. The van der Waals surface area contributed by atoms with Crippen molar-refractivity contribution in [2.24, 2.45) is 0 Å². The van der Waals surface area contributed by atoms with E-state index in [0.717, 1.165) is 17.1 Å². The number of methoxy groups -OCH3 is 3. The second kappa shape index (κ2) is 9.20. The van der Waals surface area contributed by atoms with Crippen molar-refractivity contribution < 1.29 is 19.0 Å². The fourth-order valence-electron chi connectivity index (χ4n) is 4.22. The topological polar surface area (TPSA) is 106 Å². The molecule has 0 spiro atoms. The third-order valence-electron chi connectivity index (χ3n) is 6.33. The Balaban J connectivity index is 1.25. The van der Waals surface area contributed by atoms with Gasteiger partial charge in [0.05, 0.1) is 32.7 Å². The van der Waals surface area contributed by atoms with Gasteiger partial charge in [-0.15, -0.1) is 5.10 Å². The standard InChI is InChI=1S/C24H28N6O4/c1-32-20-12-16(13-21(33-2)23(20)34-3)18-14-19(27-26-18)24(31)30-10-8-29(9-11-30)22-7-6-17(25-28-22)15-4-5-15/h6-7,12-15H,4-5,8-11H2,1-3H3,(H,26,27). The lowest BCUT2D eigenvalue weighted by Crippen LogP contribution is -2.49. The van der Waals surface area contributed by atoms with Crippen LogP contribution in [0, 0.1) is 0 Å². The van der Waals surface area contributed by atoms with Gasteiger partial charge in [-0.05, 0) is 43.2 Å². The summed E-state index contributed by atoms with van der Waals surface area (Å²) in [6.45, 7) is 2.61. The summed E-state index contributed by atoms with van der Waals surface area (Å²) >= 11 is 0. The van der Waals surface area contributed by atoms with Gasteiger partial charge in [0.15, 0.2) is 17.3 Å². The normalized spacial score (nSPS) is 15.9. The highest BCUT2D eigenvalue weighted by molar-refractivity contribution is 5.93. The van der Waals surface area contributed by atoms with Gasteiger partial charge in [-0.25, -0.2) is 0 Å². The molecule has 10 nitrogen and oxygen atoms in total. The number of piperazine rings is 1. The minimum absolute atomic E-state index is 0.0824. The molecule has 1 N–H and O–H groups in total. The minimum atomic E-state index is -0.0824. The van der Waals surface area contributed by atoms with E-state index in [1.54, 1.807) is 39.5 Å². The summed E-state index contributed by atoms with van der Waals surface area (Å²) in [5, 5.41) is 16.0. The van der Waals surface area contributed by atoms with Crippen molar-refractivity contribution in [3.63, 3.8) is 0 Å². The van der Waals surface area contributed by atoms with Crippen LogP contribution in [0.1, 0.15) is 34.9 Å². The van der Waals surface area contributed by atoms with E-state index in [1.807, 2.05) is 11.0 Å². The van der Waals surface area contributed by atoms with E-state index in [1.165, 1.54) is 12.8 Å². The molecule has 3 aromatic rings. The maximum atomic E-state index is 13.1. The van der Waals surface area contributed by atoms with Crippen LogP contribution in [0.25, 0.3) is 11.3 Å². The van der Waals surface area contributed by atoms with Crippen LogP contribution >= 0.6 is 0 Å². The maximum absolute atomic E-state index is 13.1. The van der Waals surface area contributed by atoms with Gasteiger partial charge in [-0.3, -0.25) is 9.89 Å². The van der Waals surface area contributed by atoms with Gasteiger partial charge in [0.1, 0.15) is 5.69 Å². The molecule has 2 aliphatic rings. The molecule has 2 aromatic heterocycles. The molecular weight excluding hydrogens is 436 g/mol. The van der Waals surface area contributed by atoms with Crippen LogP contribution in [0.15, 0.2) is 30.3 Å². The number of amides is 1. The molecule has 34 heavy (non-hydrogen) atoms. The Bertz CT molecular complexity index is 1140. The van der Waals surface area contributed by atoms with Gasteiger partial charge in [-0.1, -0.05) is 0 Å². The van der Waals surface area contributed by atoms with Crippen molar-refractivity contribution >= 4 is 11.7 Å². The summed E-state index contributed by atoms with van der Waals surface area (Å²) in [6.07, 6.45) is 2.42. The quantitative estimate of drug-likeness (QED) is 0.569. The van der Waals surface area contributed by atoms with E-state index in [0.29, 0.717) is 60.7 Å². The number of carbonyl (C=O) groups excluding carboxylic acids is 1. The second-order valence-corrected chi connectivity index (χ2v) is 8.45. The van der Waals surface area contributed by atoms with E-state index < -0.39 is 0 Å². The average Bonchev–Trinajstić information content (AvgIpc) is 3.63. The molecule has 1 amide bonds. The Labute approximate surface area is 197 Å². The Morgan fingerprint density at radius 3 is 2.21 bits per heavy atom. The number of hydrogen-bond donors (Lipinski definition) is 1. The predicted octanol–water partition coefficient (Wildman–Crippen LogP) is 2.73. The first-order chi connectivity index (χ1) is 16.6. The Morgan fingerprint density at radius 1 is 0.941 bits per heavy atom. The molecule has 5 rings (SSSR count). The van der Waals surface area contributed by atoms with Crippen LogP contribution in [0.2, 0.25) is 0 Å². The van der Waals surface area contributed by atoms with Crippen molar-refractivity contribution in [2.75, 3.05) is 52.4 Å². The van der Waals surface area contributed by atoms with Crippen molar-refractivity contribution in [1.29, 1.82) is 0 Å². The van der Waals surface area contributed by atoms with E-state index in [9.17, 15) is 4.79 Å². The molecule has 178 valence electrons. The zero-order valence-electron chi connectivity index (χ0n) is 19.6. The van der Waals surface area contributed by atoms with Crippen molar-refractivity contribution in [3.8, 4) is 28.5 Å². The van der Waals surface area contributed by atoms with Crippen LogP contribution in [-0.2, 0) is 0 Å². The number of ether oxygens (including phenoxy) is 3. The van der Waals surface area contributed by atoms with Gasteiger partial charge in [0, 0.05) is 37.7 Å². The SMILES string of the molecule is COc1cc(-c2cc(C(=O)N3CCN(c4ccc(C5CC5)nn4)CC3)[nH]n2)cc(OC)c1OC. The highest BCUT2D eigenvalue weighted by Crippen LogP contribution is 2.41. The van der Waals surface area contributed by atoms with Gasteiger partial charge >= 0.3 is 0 Å². The third-order valence-corrected chi connectivity index (χ3v) is 6.33. The van der Waals surface area contributed by atoms with Crippen LogP contribution in [-0.4, -0.2) is 78.7 Å². The molecule has 1 aliphatic carbocycles. The molecule has 1 saturated carbocycles. The van der Waals surface area contributed by atoms with Crippen molar-refractivity contribution in [1.82, 2.24) is 25.3 Å². The molecule has 1 saturated heterocycles. The van der Waals surface area contributed by atoms with E-state index in [-0.39, 0.29) is 5.91 Å². The number of H-pyrrole nitrogens is 1. The first kappa shape index (κ1) is 22.0. The van der Waals surface area contributed by atoms with E-state index >= 15 is 0 Å². The number of hydrogen-bond acceptors (Lipinski definition) is 8. The summed E-state index contributed by atoms with van der Waals surface area (Å²) < 4.78 is 16.2. The molecule has 1 aromatic carbocycles. The number of rotatable bonds is 7. The molecule has 10 heteroatoms. The number of anilines is 1. The lowest BCUT2D eigenvalue weighted by molar-refractivity contribution is 0.0740. The van der Waals surface area contributed by atoms with Gasteiger partial charge in [0.2, 0.25) is 5.75 Å². The number of carbonyl (C=O) groups is 1. The Hall–Kier alpha value is -3.82. The van der Waals surface area contributed by atoms with E-state index in [2.05, 4.69) is 31.4 Å². The number of aromatic amines is 1.